The van der Waals surface area contributed by atoms with E-state index in [1.165, 1.54) is 0 Å². The Morgan fingerprint density at radius 2 is 2.33 bits per heavy atom. The van der Waals surface area contributed by atoms with Crippen LogP contribution in [0.4, 0.5) is 0 Å². The Labute approximate surface area is 73.7 Å². The van der Waals surface area contributed by atoms with E-state index in [2.05, 4.69) is 0 Å². The highest BCUT2D eigenvalue weighted by Gasteiger charge is 2.26. The number of hydrogen-bond acceptors (Lipinski definition) is 2. The third kappa shape index (κ3) is 1.09. The molecule has 2 rings (SSSR count). The van der Waals surface area contributed by atoms with Gasteiger partial charge in [0.05, 0.1) is 22.7 Å². The summed E-state index contributed by atoms with van der Waals surface area (Å²) < 4.78 is 11.4. The zero-order valence-corrected chi connectivity index (χ0v) is 7.60. The minimum Gasteiger partial charge on any atom is -0.387 e. The van der Waals surface area contributed by atoms with Crippen LogP contribution in [0.3, 0.4) is 0 Å². The van der Waals surface area contributed by atoms with E-state index in [-0.39, 0.29) is 0 Å². The standard InChI is InChI=1S/C9H10O2S/c1-6-2-3-7-8(10)5-12(11)9(7)4-6/h2-4,8,10H,5H2,1H3. The first-order valence-electron chi connectivity index (χ1n) is 3.85. The molecule has 1 N–H and O–H groups in total. The quantitative estimate of drug-likeness (QED) is 0.653. The van der Waals surface area contributed by atoms with Gasteiger partial charge in [-0.05, 0) is 24.1 Å². The van der Waals surface area contributed by atoms with Gasteiger partial charge in [-0.1, -0.05) is 12.1 Å². The topological polar surface area (TPSA) is 37.3 Å². The van der Waals surface area contributed by atoms with Gasteiger partial charge in [-0.15, -0.1) is 0 Å². The summed E-state index contributed by atoms with van der Waals surface area (Å²) in [4.78, 5) is 0.808. The average Bonchev–Trinajstić information content (AvgIpc) is 2.28. The second kappa shape index (κ2) is 2.68. The van der Waals surface area contributed by atoms with Crippen molar-refractivity contribution in [3.05, 3.63) is 29.3 Å². The monoisotopic (exact) mass is 182 g/mol. The van der Waals surface area contributed by atoms with E-state index >= 15 is 0 Å². The first kappa shape index (κ1) is 7.95. The summed E-state index contributed by atoms with van der Waals surface area (Å²) in [7, 11) is -0.988. The SMILES string of the molecule is Cc1ccc2c(c1)S(=O)CC2O. The molecule has 2 unspecified atom stereocenters. The largest absolute Gasteiger partial charge is 0.387 e. The number of rotatable bonds is 0. The summed E-state index contributed by atoms with van der Waals surface area (Å²) in [5.74, 6) is 0.360. The van der Waals surface area contributed by atoms with Crippen LogP contribution in [0.2, 0.25) is 0 Å². The summed E-state index contributed by atoms with van der Waals surface area (Å²) >= 11 is 0. The van der Waals surface area contributed by atoms with Crippen molar-refractivity contribution in [1.29, 1.82) is 0 Å². The van der Waals surface area contributed by atoms with E-state index in [1.54, 1.807) is 0 Å². The molecule has 3 heteroatoms. The van der Waals surface area contributed by atoms with Crippen LogP contribution in [-0.2, 0) is 10.8 Å². The maximum atomic E-state index is 11.4. The fourth-order valence-corrected chi connectivity index (χ4v) is 2.87. The highest BCUT2D eigenvalue weighted by atomic mass is 32.2. The molecule has 64 valence electrons. The molecule has 2 atom stereocenters. The summed E-state index contributed by atoms with van der Waals surface area (Å²) in [5.41, 5.74) is 1.93. The highest BCUT2D eigenvalue weighted by Crippen LogP contribution is 2.30. The summed E-state index contributed by atoms with van der Waals surface area (Å²) in [6.45, 7) is 1.96. The van der Waals surface area contributed by atoms with Crippen LogP contribution in [-0.4, -0.2) is 15.1 Å². The lowest BCUT2D eigenvalue weighted by atomic mass is 10.1. The van der Waals surface area contributed by atoms with Crippen molar-refractivity contribution in [1.82, 2.24) is 0 Å². The van der Waals surface area contributed by atoms with Gasteiger partial charge in [-0.3, -0.25) is 4.21 Å². The Morgan fingerprint density at radius 1 is 1.58 bits per heavy atom. The summed E-state index contributed by atoms with van der Waals surface area (Å²) in [6.07, 6.45) is -0.526. The van der Waals surface area contributed by atoms with E-state index in [4.69, 9.17) is 0 Å². The molecule has 0 aliphatic carbocycles. The fourth-order valence-electron chi connectivity index (χ4n) is 1.44. The maximum Gasteiger partial charge on any atom is 0.0920 e. The lowest BCUT2D eigenvalue weighted by molar-refractivity contribution is 0.204. The van der Waals surface area contributed by atoms with Crippen molar-refractivity contribution in [2.24, 2.45) is 0 Å². The molecule has 0 amide bonds. The third-order valence-corrected chi connectivity index (χ3v) is 3.55. The number of benzene rings is 1. The van der Waals surface area contributed by atoms with Gasteiger partial charge in [-0.25, -0.2) is 0 Å². The highest BCUT2D eigenvalue weighted by molar-refractivity contribution is 7.85. The molecule has 0 saturated carbocycles. The van der Waals surface area contributed by atoms with Crippen LogP contribution < -0.4 is 0 Å². The molecule has 0 aromatic heterocycles. The fraction of sp³-hybridized carbons (Fsp3) is 0.333. The van der Waals surface area contributed by atoms with Gasteiger partial charge < -0.3 is 5.11 Å². The third-order valence-electron chi connectivity index (χ3n) is 2.08. The van der Waals surface area contributed by atoms with Gasteiger partial charge in [-0.2, -0.15) is 0 Å². The van der Waals surface area contributed by atoms with Crippen LogP contribution in [0.1, 0.15) is 17.2 Å². The van der Waals surface area contributed by atoms with Crippen LogP contribution in [0.5, 0.6) is 0 Å². The normalized spacial score (nSPS) is 27.2. The van der Waals surface area contributed by atoms with Gasteiger partial charge >= 0.3 is 0 Å². The van der Waals surface area contributed by atoms with E-state index < -0.39 is 16.9 Å². The number of fused-ring (bicyclic) bond motifs is 1. The zero-order chi connectivity index (χ0) is 8.72. The Balaban J connectivity index is 2.60. The van der Waals surface area contributed by atoms with Gasteiger partial charge in [0.2, 0.25) is 0 Å². The van der Waals surface area contributed by atoms with Crippen LogP contribution in [0, 0.1) is 6.92 Å². The molecule has 1 aromatic rings. The Morgan fingerprint density at radius 3 is 3.08 bits per heavy atom. The molecule has 1 aromatic carbocycles. The lowest BCUT2D eigenvalue weighted by Crippen LogP contribution is -1.95. The van der Waals surface area contributed by atoms with Crippen LogP contribution in [0.25, 0.3) is 0 Å². The first-order valence-corrected chi connectivity index (χ1v) is 5.17. The Kier molecular flexibility index (Phi) is 1.77. The van der Waals surface area contributed by atoms with Crippen molar-refractivity contribution in [2.45, 2.75) is 17.9 Å². The van der Waals surface area contributed by atoms with Gasteiger partial charge in [0.1, 0.15) is 0 Å². The van der Waals surface area contributed by atoms with Crippen molar-refractivity contribution in [3.8, 4) is 0 Å². The molecule has 1 aliphatic rings. The molecule has 0 saturated heterocycles. The van der Waals surface area contributed by atoms with E-state index in [0.717, 1.165) is 16.0 Å². The lowest BCUT2D eigenvalue weighted by Gasteiger charge is -2.01. The predicted molar refractivity (Wildman–Crippen MR) is 47.4 cm³/mol. The van der Waals surface area contributed by atoms with Crippen LogP contribution in [0.15, 0.2) is 23.1 Å². The Hall–Kier alpha value is -0.670. The van der Waals surface area contributed by atoms with E-state index in [9.17, 15) is 9.32 Å². The van der Waals surface area contributed by atoms with Gasteiger partial charge in [0, 0.05) is 4.90 Å². The number of hydrogen-bond donors (Lipinski definition) is 1. The molecular formula is C9H10O2S. The second-order valence-electron chi connectivity index (χ2n) is 3.07. The minimum absolute atomic E-state index is 0.360. The predicted octanol–water partition coefficient (Wildman–Crippen LogP) is 1.15. The first-order chi connectivity index (χ1) is 5.68. The van der Waals surface area contributed by atoms with Crippen LogP contribution >= 0.6 is 0 Å². The Bertz CT molecular complexity index is 346. The molecule has 2 nitrogen and oxygen atoms in total. The van der Waals surface area contributed by atoms with Gasteiger partial charge in [0.25, 0.3) is 0 Å². The van der Waals surface area contributed by atoms with Crippen molar-refractivity contribution in [3.63, 3.8) is 0 Å². The number of aliphatic hydroxyl groups excluding tert-OH is 1. The number of aryl methyl sites for hydroxylation is 1. The van der Waals surface area contributed by atoms with Crippen molar-refractivity contribution >= 4 is 10.8 Å². The van der Waals surface area contributed by atoms with E-state index in [1.807, 2.05) is 25.1 Å². The average molecular weight is 182 g/mol. The summed E-state index contributed by atoms with van der Waals surface area (Å²) in [6, 6.07) is 5.69. The molecule has 1 aliphatic heterocycles. The molecule has 0 spiro atoms. The molecule has 0 radical (unpaired) electrons. The molecule has 12 heavy (non-hydrogen) atoms. The molecule has 1 heterocycles. The molecule has 0 bridgehead atoms. The molecular weight excluding hydrogens is 172 g/mol. The molecule has 0 fully saturated rings. The summed E-state index contributed by atoms with van der Waals surface area (Å²) in [5, 5.41) is 9.45. The minimum atomic E-state index is -0.988. The smallest absolute Gasteiger partial charge is 0.0920 e. The van der Waals surface area contributed by atoms with Gasteiger partial charge in [0.15, 0.2) is 0 Å². The number of aliphatic hydroxyl groups is 1. The van der Waals surface area contributed by atoms with E-state index in [0.29, 0.717) is 5.75 Å². The van der Waals surface area contributed by atoms with Crippen molar-refractivity contribution < 1.29 is 9.32 Å². The zero-order valence-electron chi connectivity index (χ0n) is 6.78. The second-order valence-corrected chi connectivity index (χ2v) is 4.53. The van der Waals surface area contributed by atoms with Crippen molar-refractivity contribution in [2.75, 3.05) is 5.75 Å². The maximum absolute atomic E-state index is 11.4.